The first-order chi connectivity index (χ1) is 12.7. The number of hydrogen-bond acceptors (Lipinski definition) is 3. The predicted octanol–water partition coefficient (Wildman–Crippen LogP) is 4.53. The van der Waals surface area contributed by atoms with E-state index >= 15 is 0 Å². The van der Waals surface area contributed by atoms with Gasteiger partial charge in [-0.25, -0.2) is 0 Å². The van der Waals surface area contributed by atoms with Crippen LogP contribution in [0.3, 0.4) is 0 Å². The predicted molar refractivity (Wildman–Crippen MR) is 108 cm³/mol. The highest BCUT2D eigenvalue weighted by atomic mass is 16.3. The molecule has 1 heterocycles. The van der Waals surface area contributed by atoms with Crippen LogP contribution in [0.4, 0.5) is 5.69 Å². The number of phenolic OH excluding ortho intramolecular Hbond substituents is 1. The molecule has 0 amide bonds. The van der Waals surface area contributed by atoms with E-state index in [1.165, 1.54) is 27.8 Å². The molecule has 0 bridgehead atoms. The molecule has 0 aromatic heterocycles. The first-order valence-corrected chi connectivity index (χ1v) is 9.15. The number of rotatable bonds is 4. The number of aromatic hydroxyl groups is 1. The minimum atomic E-state index is 0.256. The van der Waals surface area contributed by atoms with E-state index in [9.17, 15) is 5.11 Å². The zero-order valence-electron chi connectivity index (χ0n) is 15.0. The second-order valence-electron chi connectivity index (χ2n) is 6.87. The number of nitrogens with one attached hydrogen (secondary N) is 2. The van der Waals surface area contributed by atoms with Crippen LogP contribution in [0.1, 0.15) is 22.7 Å². The third kappa shape index (κ3) is 3.44. The highest BCUT2D eigenvalue weighted by molar-refractivity contribution is 5.66. The van der Waals surface area contributed by atoms with Gasteiger partial charge in [0.25, 0.3) is 0 Å². The van der Waals surface area contributed by atoms with Gasteiger partial charge in [-0.05, 0) is 71.5 Å². The molecule has 0 fully saturated rings. The Labute approximate surface area is 154 Å². The minimum Gasteiger partial charge on any atom is -0.508 e. The summed E-state index contributed by atoms with van der Waals surface area (Å²) in [6.07, 6.45) is 1.95. The van der Waals surface area contributed by atoms with E-state index in [1.807, 2.05) is 13.1 Å². The van der Waals surface area contributed by atoms with Crippen LogP contribution in [0.2, 0.25) is 0 Å². The molecule has 3 aromatic rings. The Morgan fingerprint density at radius 1 is 0.962 bits per heavy atom. The monoisotopic (exact) mass is 344 g/mol. The Hall–Kier alpha value is -2.78. The van der Waals surface area contributed by atoms with Gasteiger partial charge >= 0.3 is 0 Å². The summed E-state index contributed by atoms with van der Waals surface area (Å²) in [6, 6.07) is 23.3. The summed E-state index contributed by atoms with van der Waals surface area (Å²) >= 11 is 0. The average molecular weight is 344 g/mol. The molecule has 1 aliphatic heterocycles. The maximum Gasteiger partial charge on any atom is 0.115 e. The van der Waals surface area contributed by atoms with E-state index in [0.717, 1.165) is 25.1 Å². The van der Waals surface area contributed by atoms with E-state index in [2.05, 4.69) is 65.2 Å². The Morgan fingerprint density at radius 3 is 2.35 bits per heavy atom. The molecule has 0 saturated carbocycles. The molecule has 0 saturated heterocycles. The number of fused-ring (bicyclic) bond motifs is 1. The maximum atomic E-state index is 9.84. The van der Waals surface area contributed by atoms with Crippen LogP contribution in [-0.4, -0.2) is 18.7 Å². The van der Waals surface area contributed by atoms with Gasteiger partial charge in [0, 0.05) is 18.8 Å². The Balaban J connectivity index is 1.52. The largest absolute Gasteiger partial charge is 0.508 e. The third-order valence-electron chi connectivity index (χ3n) is 5.19. The molecule has 1 atom stereocenters. The molecule has 1 unspecified atom stereocenters. The summed E-state index contributed by atoms with van der Waals surface area (Å²) in [5.41, 5.74) is 7.44. The maximum absolute atomic E-state index is 9.84. The molecule has 26 heavy (non-hydrogen) atoms. The van der Waals surface area contributed by atoms with Crippen LogP contribution in [0.25, 0.3) is 11.1 Å². The molecule has 4 rings (SSSR count). The quantitative estimate of drug-likeness (QED) is 0.651. The van der Waals surface area contributed by atoms with Crippen LogP contribution in [0.15, 0.2) is 66.7 Å². The molecule has 3 aromatic carbocycles. The van der Waals surface area contributed by atoms with Gasteiger partial charge < -0.3 is 15.7 Å². The number of anilines is 1. The summed E-state index contributed by atoms with van der Waals surface area (Å²) < 4.78 is 0. The SMILES string of the molecule is CNc1ccc(-c2ccc(CC3NCCc4ccc(O)cc43)cc2)cc1. The summed E-state index contributed by atoms with van der Waals surface area (Å²) in [5, 5.41) is 16.6. The van der Waals surface area contributed by atoms with Crippen LogP contribution in [-0.2, 0) is 12.8 Å². The molecule has 3 nitrogen and oxygen atoms in total. The van der Waals surface area contributed by atoms with Crippen molar-refractivity contribution in [2.45, 2.75) is 18.9 Å². The molecule has 0 spiro atoms. The zero-order valence-corrected chi connectivity index (χ0v) is 15.0. The van der Waals surface area contributed by atoms with Crippen molar-refractivity contribution in [1.82, 2.24) is 5.32 Å². The van der Waals surface area contributed by atoms with Crippen molar-refractivity contribution < 1.29 is 5.11 Å². The van der Waals surface area contributed by atoms with E-state index in [4.69, 9.17) is 0 Å². The van der Waals surface area contributed by atoms with Gasteiger partial charge in [0.2, 0.25) is 0 Å². The topological polar surface area (TPSA) is 44.3 Å². The molecular formula is C23H24N2O. The Morgan fingerprint density at radius 2 is 1.65 bits per heavy atom. The van der Waals surface area contributed by atoms with Gasteiger partial charge in [0.1, 0.15) is 5.75 Å². The van der Waals surface area contributed by atoms with Gasteiger partial charge in [0.15, 0.2) is 0 Å². The van der Waals surface area contributed by atoms with E-state index in [1.54, 1.807) is 6.07 Å². The molecule has 0 aliphatic carbocycles. The van der Waals surface area contributed by atoms with E-state index < -0.39 is 0 Å². The van der Waals surface area contributed by atoms with Crippen LogP contribution >= 0.6 is 0 Å². The van der Waals surface area contributed by atoms with Crippen LogP contribution < -0.4 is 10.6 Å². The van der Waals surface area contributed by atoms with Crippen molar-refractivity contribution in [3.05, 3.63) is 83.4 Å². The fourth-order valence-corrected chi connectivity index (χ4v) is 3.71. The highest BCUT2D eigenvalue weighted by Gasteiger charge is 2.20. The van der Waals surface area contributed by atoms with Crippen molar-refractivity contribution in [1.29, 1.82) is 0 Å². The summed E-state index contributed by atoms with van der Waals surface area (Å²) in [7, 11) is 1.93. The highest BCUT2D eigenvalue weighted by Crippen LogP contribution is 2.30. The lowest BCUT2D eigenvalue weighted by molar-refractivity contribution is 0.463. The normalized spacial score (nSPS) is 16.1. The lowest BCUT2D eigenvalue weighted by Crippen LogP contribution is -2.31. The molecule has 0 radical (unpaired) electrons. The molecule has 132 valence electrons. The second kappa shape index (κ2) is 7.22. The van der Waals surface area contributed by atoms with Gasteiger partial charge in [-0.15, -0.1) is 0 Å². The zero-order chi connectivity index (χ0) is 17.9. The van der Waals surface area contributed by atoms with Crippen molar-refractivity contribution >= 4 is 5.69 Å². The number of benzene rings is 3. The van der Waals surface area contributed by atoms with Crippen LogP contribution in [0, 0.1) is 0 Å². The Bertz CT molecular complexity index is 885. The van der Waals surface area contributed by atoms with E-state index in [-0.39, 0.29) is 6.04 Å². The fourth-order valence-electron chi connectivity index (χ4n) is 3.71. The second-order valence-corrected chi connectivity index (χ2v) is 6.87. The van der Waals surface area contributed by atoms with Crippen molar-refractivity contribution in [3.8, 4) is 16.9 Å². The smallest absolute Gasteiger partial charge is 0.115 e. The van der Waals surface area contributed by atoms with Crippen molar-refractivity contribution in [2.75, 3.05) is 18.9 Å². The van der Waals surface area contributed by atoms with Gasteiger partial charge in [-0.2, -0.15) is 0 Å². The minimum absolute atomic E-state index is 0.256. The summed E-state index contributed by atoms with van der Waals surface area (Å²) in [5.74, 6) is 0.345. The van der Waals surface area contributed by atoms with Crippen LogP contribution in [0.5, 0.6) is 5.75 Å². The fraction of sp³-hybridized carbons (Fsp3) is 0.217. The Kier molecular flexibility index (Phi) is 4.63. The lowest BCUT2D eigenvalue weighted by Gasteiger charge is -2.27. The van der Waals surface area contributed by atoms with Crippen molar-refractivity contribution in [2.24, 2.45) is 0 Å². The van der Waals surface area contributed by atoms with E-state index in [0.29, 0.717) is 5.75 Å². The number of hydrogen-bond donors (Lipinski definition) is 3. The average Bonchev–Trinajstić information content (AvgIpc) is 2.69. The first kappa shape index (κ1) is 16.7. The molecule has 3 heteroatoms. The number of phenols is 1. The first-order valence-electron chi connectivity index (χ1n) is 9.15. The molecular weight excluding hydrogens is 320 g/mol. The molecule has 1 aliphatic rings. The van der Waals surface area contributed by atoms with Gasteiger partial charge in [-0.3, -0.25) is 0 Å². The van der Waals surface area contributed by atoms with Gasteiger partial charge in [-0.1, -0.05) is 42.5 Å². The third-order valence-corrected chi connectivity index (χ3v) is 5.19. The summed E-state index contributed by atoms with van der Waals surface area (Å²) in [4.78, 5) is 0. The lowest BCUT2D eigenvalue weighted by atomic mass is 9.90. The molecule has 3 N–H and O–H groups in total. The standard InChI is InChI=1S/C23H24N2O/c1-24-20-9-6-18(7-10-20)17-4-2-16(3-5-17)14-23-22-15-21(26)11-8-19(22)12-13-25-23/h2-11,15,23-26H,12-14H2,1H3. The van der Waals surface area contributed by atoms with Gasteiger partial charge in [0.05, 0.1) is 0 Å². The van der Waals surface area contributed by atoms with Crippen molar-refractivity contribution in [3.63, 3.8) is 0 Å². The summed E-state index contributed by atoms with van der Waals surface area (Å²) in [6.45, 7) is 0.984.